The molecule has 0 N–H and O–H groups in total. The highest BCUT2D eigenvalue weighted by Crippen LogP contribution is 2.17. The first-order chi connectivity index (χ1) is 41.0. The fourth-order valence-electron chi connectivity index (χ4n) is 10.2. The summed E-state index contributed by atoms with van der Waals surface area (Å²) < 4.78 is 17.0. The minimum absolute atomic E-state index is 0.0821. The molecule has 0 aromatic rings. The molecule has 1 unspecified atom stereocenters. The summed E-state index contributed by atoms with van der Waals surface area (Å²) in [6, 6.07) is 0. The monoisotopic (exact) mass is 1160 g/mol. The summed E-state index contributed by atoms with van der Waals surface area (Å²) in [5, 5.41) is 0. The standard InChI is InChI=1S/C77H134O6/c1-4-7-10-13-16-19-22-25-28-31-33-35-36-37-38-39-40-42-43-46-49-52-55-58-61-64-67-70-76(79)82-73-74(72-81-75(78)69-66-63-60-57-54-51-48-45-30-27-24-21-18-15-12-9-6-3)83-77(80)71-68-65-62-59-56-53-50-47-44-41-34-32-29-26-23-20-17-14-11-8-5-2/h9,12,18,21-23,25-27,30-34,36-37,74H,4-8,10-11,13-17,19-20,24,28-29,35,38-73H2,1-3H3/b12-9-,21-18-,25-22-,26-23-,30-27-,33-31-,34-32-,37-36-. The average molecular weight is 1160 g/mol. The van der Waals surface area contributed by atoms with Gasteiger partial charge in [0.25, 0.3) is 0 Å². The van der Waals surface area contributed by atoms with Crippen molar-refractivity contribution in [1.82, 2.24) is 0 Å². The van der Waals surface area contributed by atoms with E-state index in [1.165, 1.54) is 212 Å². The van der Waals surface area contributed by atoms with Gasteiger partial charge in [0.15, 0.2) is 6.10 Å². The molecule has 0 aromatic heterocycles. The number of carbonyl (C=O) groups excluding carboxylic acids is 3. The van der Waals surface area contributed by atoms with Gasteiger partial charge >= 0.3 is 17.9 Å². The molecule has 0 saturated carbocycles. The fourth-order valence-corrected chi connectivity index (χ4v) is 10.2. The van der Waals surface area contributed by atoms with Crippen LogP contribution in [0.5, 0.6) is 0 Å². The first-order valence-corrected chi connectivity index (χ1v) is 35.7. The lowest BCUT2D eigenvalue weighted by atomic mass is 10.0. The molecule has 0 fully saturated rings. The molecular weight excluding hydrogens is 1020 g/mol. The van der Waals surface area contributed by atoms with Gasteiger partial charge in [-0.1, -0.05) is 311 Å². The Morgan fingerprint density at radius 1 is 0.253 bits per heavy atom. The van der Waals surface area contributed by atoms with E-state index in [1.807, 2.05) is 0 Å². The van der Waals surface area contributed by atoms with Gasteiger partial charge in [0.2, 0.25) is 0 Å². The summed E-state index contributed by atoms with van der Waals surface area (Å²) in [4.78, 5) is 38.5. The minimum atomic E-state index is -0.788. The molecule has 0 saturated heterocycles. The van der Waals surface area contributed by atoms with Crippen LogP contribution in [0.15, 0.2) is 97.2 Å². The van der Waals surface area contributed by atoms with Crippen LogP contribution < -0.4 is 0 Å². The summed E-state index contributed by atoms with van der Waals surface area (Å²) in [5.74, 6) is -0.882. The Morgan fingerprint density at radius 3 is 0.735 bits per heavy atom. The smallest absolute Gasteiger partial charge is 0.306 e. The van der Waals surface area contributed by atoms with Gasteiger partial charge in [-0.2, -0.15) is 0 Å². The van der Waals surface area contributed by atoms with Gasteiger partial charge in [0, 0.05) is 19.3 Å². The van der Waals surface area contributed by atoms with E-state index in [2.05, 4.69) is 118 Å². The second-order valence-corrected chi connectivity index (χ2v) is 23.8. The van der Waals surface area contributed by atoms with Crippen molar-refractivity contribution in [3.63, 3.8) is 0 Å². The third-order valence-corrected chi connectivity index (χ3v) is 15.5. The summed E-state index contributed by atoms with van der Waals surface area (Å²) >= 11 is 0. The first kappa shape index (κ1) is 79.3. The van der Waals surface area contributed by atoms with Crippen molar-refractivity contribution in [3.05, 3.63) is 97.2 Å². The number of hydrogen-bond acceptors (Lipinski definition) is 6. The molecule has 0 aliphatic rings. The van der Waals surface area contributed by atoms with E-state index < -0.39 is 6.10 Å². The lowest BCUT2D eigenvalue weighted by Gasteiger charge is -2.18. The van der Waals surface area contributed by atoms with E-state index in [-0.39, 0.29) is 31.1 Å². The molecule has 0 aromatic carbocycles. The van der Waals surface area contributed by atoms with Crippen molar-refractivity contribution in [2.45, 2.75) is 361 Å². The molecule has 0 amide bonds. The molecule has 0 heterocycles. The molecule has 478 valence electrons. The van der Waals surface area contributed by atoms with Crippen LogP contribution in [0.2, 0.25) is 0 Å². The molecule has 0 rings (SSSR count). The predicted molar refractivity (Wildman–Crippen MR) is 362 cm³/mol. The van der Waals surface area contributed by atoms with Gasteiger partial charge < -0.3 is 14.2 Å². The number of unbranched alkanes of at least 4 members (excludes halogenated alkanes) is 38. The van der Waals surface area contributed by atoms with Crippen LogP contribution in [-0.2, 0) is 28.6 Å². The number of ether oxygens (including phenoxy) is 3. The van der Waals surface area contributed by atoms with Crippen LogP contribution >= 0.6 is 0 Å². The Morgan fingerprint density at radius 2 is 0.470 bits per heavy atom. The Bertz CT molecular complexity index is 1610. The third kappa shape index (κ3) is 69.0. The van der Waals surface area contributed by atoms with E-state index in [9.17, 15) is 14.4 Å². The number of rotatable bonds is 65. The number of esters is 3. The quantitative estimate of drug-likeness (QED) is 0.0261. The Hall–Kier alpha value is -3.67. The summed E-state index contributed by atoms with van der Waals surface area (Å²) in [5.41, 5.74) is 0. The van der Waals surface area contributed by atoms with Crippen molar-refractivity contribution in [3.8, 4) is 0 Å². The highest BCUT2D eigenvalue weighted by molar-refractivity contribution is 5.71. The van der Waals surface area contributed by atoms with Gasteiger partial charge in [0.1, 0.15) is 13.2 Å². The van der Waals surface area contributed by atoms with Crippen molar-refractivity contribution in [2.24, 2.45) is 0 Å². The zero-order valence-corrected chi connectivity index (χ0v) is 54.9. The number of carbonyl (C=O) groups is 3. The predicted octanol–water partition coefficient (Wildman–Crippen LogP) is 24.8. The second-order valence-electron chi connectivity index (χ2n) is 23.8. The number of allylic oxidation sites excluding steroid dienone is 16. The van der Waals surface area contributed by atoms with Gasteiger partial charge in [-0.15, -0.1) is 0 Å². The summed E-state index contributed by atoms with van der Waals surface area (Å²) in [6.07, 6.45) is 95.7. The first-order valence-electron chi connectivity index (χ1n) is 35.7. The van der Waals surface area contributed by atoms with Gasteiger partial charge in [-0.3, -0.25) is 14.4 Å². The van der Waals surface area contributed by atoms with Crippen LogP contribution in [-0.4, -0.2) is 37.2 Å². The fraction of sp³-hybridized carbons (Fsp3) is 0.753. The molecule has 1 atom stereocenters. The van der Waals surface area contributed by atoms with Crippen LogP contribution in [0.4, 0.5) is 0 Å². The number of hydrogen-bond donors (Lipinski definition) is 0. The highest BCUT2D eigenvalue weighted by atomic mass is 16.6. The van der Waals surface area contributed by atoms with E-state index in [0.717, 1.165) is 103 Å². The maximum atomic E-state index is 13.0. The van der Waals surface area contributed by atoms with Gasteiger partial charge in [-0.05, 0) is 122 Å². The van der Waals surface area contributed by atoms with Crippen LogP contribution in [0, 0.1) is 0 Å². The zero-order chi connectivity index (χ0) is 59.9. The Kier molecular flexibility index (Phi) is 67.7. The Balaban J connectivity index is 4.35. The van der Waals surface area contributed by atoms with E-state index in [1.54, 1.807) is 0 Å². The van der Waals surface area contributed by atoms with Crippen molar-refractivity contribution < 1.29 is 28.6 Å². The molecule has 0 aliphatic carbocycles. The lowest BCUT2D eigenvalue weighted by molar-refractivity contribution is -0.167. The zero-order valence-electron chi connectivity index (χ0n) is 54.9. The van der Waals surface area contributed by atoms with Crippen LogP contribution in [0.25, 0.3) is 0 Å². The lowest BCUT2D eigenvalue weighted by Crippen LogP contribution is -2.30. The van der Waals surface area contributed by atoms with Crippen LogP contribution in [0.1, 0.15) is 355 Å². The van der Waals surface area contributed by atoms with E-state index in [0.29, 0.717) is 19.3 Å². The van der Waals surface area contributed by atoms with E-state index >= 15 is 0 Å². The molecule has 83 heavy (non-hydrogen) atoms. The topological polar surface area (TPSA) is 78.9 Å². The molecule has 0 radical (unpaired) electrons. The highest BCUT2D eigenvalue weighted by Gasteiger charge is 2.19. The van der Waals surface area contributed by atoms with Crippen LogP contribution in [0.3, 0.4) is 0 Å². The maximum Gasteiger partial charge on any atom is 0.306 e. The molecular formula is C77H134O6. The largest absolute Gasteiger partial charge is 0.462 e. The molecule has 0 spiro atoms. The van der Waals surface area contributed by atoms with E-state index in [4.69, 9.17) is 14.2 Å². The van der Waals surface area contributed by atoms with Crippen molar-refractivity contribution in [2.75, 3.05) is 13.2 Å². The second kappa shape index (κ2) is 70.8. The normalized spacial score (nSPS) is 12.7. The molecule has 6 nitrogen and oxygen atoms in total. The third-order valence-electron chi connectivity index (χ3n) is 15.5. The van der Waals surface area contributed by atoms with Crippen molar-refractivity contribution >= 4 is 17.9 Å². The van der Waals surface area contributed by atoms with Gasteiger partial charge in [-0.25, -0.2) is 0 Å². The Labute approximate surface area is 515 Å². The van der Waals surface area contributed by atoms with Crippen molar-refractivity contribution in [1.29, 1.82) is 0 Å². The maximum absolute atomic E-state index is 13.0. The minimum Gasteiger partial charge on any atom is -0.462 e. The SMILES string of the molecule is CC/C=C\C/C=C\C/C=C\CCCCCCCCCC(=O)OCC(COC(=O)CCCCCCCCCCCCCC/C=C\C/C=C\C/C=C\CCCCCCC)OC(=O)CCCCCCCCCCC/C=C\C/C=C\CCCCCCC. The van der Waals surface area contributed by atoms with Gasteiger partial charge in [0.05, 0.1) is 0 Å². The molecule has 0 aliphatic heterocycles. The average Bonchev–Trinajstić information content (AvgIpc) is 3.50. The molecule has 0 bridgehead atoms. The summed E-state index contributed by atoms with van der Waals surface area (Å²) in [6.45, 7) is 6.54. The summed E-state index contributed by atoms with van der Waals surface area (Å²) in [7, 11) is 0. The molecule has 6 heteroatoms.